The van der Waals surface area contributed by atoms with Gasteiger partial charge in [-0.25, -0.2) is 0 Å². The van der Waals surface area contributed by atoms with Crippen molar-refractivity contribution in [1.29, 1.82) is 0 Å². The largest absolute Gasteiger partial charge is 0.395 e. The lowest BCUT2D eigenvalue weighted by molar-refractivity contribution is -0.141. The van der Waals surface area contributed by atoms with Crippen LogP contribution >= 0.6 is 15.9 Å². The molecule has 8 nitrogen and oxygen atoms in total. The van der Waals surface area contributed by atoms with Gasteiger partial charge in [0.1, 0.15) is 11.6 Å². The van der Waals surface area contributed by atoms with Crippen molar-refractivity contribution in [1.82, 2.24) is 4.90 Å². The number of ether oxygens (including phenoxy) is 1. The highest BCUT2D eigenvalue weighted by atomic mass is 79.9. The summed E-state index contributed by atoms with van der Waals surface area (Å²) in [4.78, 5) is 47.5. The summed E-state index contributed by atoms with van der Waals surface area (Å²) in [5.74, 6) is -2.59. The van der Waals surface area contributed by atoms with Crippen LogP contribution < -0.4 is 9.80 Å². The molecule has 0 saturated carbocycles. The summed E-state index contributed by atoms with van der Waals surface area (Å²) in [5, 5.41) is 9.98. The molecular formula is C32H36BrN3O5. The number of anilines is 2. The first-order valence-electron chi connectivity index (χ1n) is 13.9. The predicted molar refractivity (Wildman–Crippen MR) is 162 cm³/mol. The van der Waals surface area contributed by atoms with Gasteiger partial charge >= 0.3 is 0 Å². The maximum Gasteiger partial charge on any atom is 0.253 e. The lowest BCUT2D eigenvalue weighted by Crippen LogP contribution is -2.57. The number of aliphatic hydroxyl groups is 1. The second-order valence-electron chi connectivity index (χ2n) is 11.0. The van der Waals surface area contributed by atoms with Gasteiger partial charge in [0.2, 0.25) is 11.8 Å². The SMILES string of the molecule is C=CCN(C(=O)[C@H]1[C@H]2C(=O)N(CCO)C(C(=O)N(CC=C)c3cc(C)ccc3C)C23CC(Br)[C@@H]1O3)c1ccccc1. The Labute approximate surface area is 249 Å². The number of carbonyl (C=O) groups is 3. The topological polar surface area (TPSA) is 90.4 Å². The molecule has 3 unspecified atom stereocenters. The number of rotatable bonds is 10. The number of β-amino-alcohol motifs (C(OH)–C–C–N with tert-alkyl or cyclic N) is 1. The number of aryl methyl sites for hydroxylation is 2. The number of nitrogens with zero attached hydrogens (tertiary/aromatic N) is 3. The van der Waals surface area contributed by atoms with E-state index in [-0.39, 0.29) is 48.8 Å². The number of benzene rings is 2. The third-order valence-corrected chi connectivity index (χ3v) is 9.37. The van der Waals surface area contributed by atoms with Crippen molar-refractivity contribution in [2.75, 3.05) is 36.0 Å². The second-order valence-corrected chi connectivity index (χ2v) is 12.2. The van der Waals surface area contributed by atoms with E-state index < -0.39 is 29.6 Å². The van der Waals surface area contributed by atoms with Gasteiger partial charge in [0.05, 0.1) is 24.5 Å². The molecule has 3 heterocycles. The fraction of sp³-hybridized carbons (Fsp3) is 0.406. The number of para-hydroxylation sites is 1. The van der Waals surface area contributed by atoms with E-state index in [1.54, 1.807) is 22.0 Å². The van der Waals surface area contributed by atoms with E-state index in [9.17, 15) is 19.5 Å². The Morgan fingerprint density at radius 1 is 1.10 bits per heavy atom. The van der Waals surface area contributed by atoms with Crippen LogP contribution in [0, 0.1) is 25.7 Å². The van der Waals surface area contributed by atoms with E-state index in [0.717, 1.165) is 16.8 Å². The summed E-state index contributed by atoms with van der Waals surface area (Å²) in [5.41, 5.74) is 2.09. The molecule has 3 aliphatic rings. The molecular weight excluding hydrogens is 586 g/mol. The Morgan fingerprint density at radius 2 is 1.78 bits per heavy atom. The van der Waals surface area contributed by atoms with Crippen LogP contribution in [0.1, 0.15) is 17.5 Å². The number of aliphatic hydroxyl groups excluding tert-OH is 1. The van der Waals surface area contributed by atoms with Gasteiger partial charge in [0.25, 0.3) is 5.91 Å². The van der Waals surface area contributed by atoms with Crippen LogP contribution in [0.15, 0.2) is 73.8 Å². The van der Waals surface area contributed by atoms with Gasteiger partial charge in [-0.3, -0.25) is 14.4 Å². The van der Waals surface area contributed by atoms with Crippen LogP contribution in [0.4, 0.5) is 11.4 Å². The molecule has 6 atom stereocenters. The van der Waals surface area contributed by atoms with Gasteiger partial charge in [-0.1, -0.05) is 58.4 Å². The van der Waals surface area contributed by atoms with E-state index in [1.807, 2.05) is 62.4 Å². The number of halogens is 1. The Balaban J connectivity index is 1.59. The molecule has 9 heteroatoms. The van der Waals surface area contributed by atoms with Gasteiger partial charge in [0.15, 0.2) is 0 Å². The van der Waals surface area contributed by atoms with Crippen molar-refractivity contribution in [2.45, 2.75) is 42.8 Å². The fourth-order valence-electron chi connectivity index (χ4n) is 6.87. The molecule has 5 rings (SSSR count). The first kappa shape index (κ1) is 29.2. The van der Waals surface area contributed by atoms with Crippen molar-refractivity contribution in [3.63, 3.8) is 0 Å². The number of hydrogen-bond donors (Lipinski definition) is 1. The molecule has 0 aliphatic carbocycles. The molecule has 2 aromatic rings. The Bertz CT molecular complexity index is 1370. The molecule has 41 heavy (non-hydrogen) atoms. The van der Waals surface area contributed by atoms with Crippen molar-refractivity contribution in [3.05, 3.63) is 85.0 Å². The Morgan fingerprint density at radius 3 is 2.44 bits per heavy atom. The van der Waals surface area contributed by atoms with Gasteiger partial charge < -0.3 is 24.5 Å². The zero-order valence-electron chi connectivity index (χ0n) is 23.4. The normalized spacial score (nSPS) is 28.0. The summed E-state index contributed by atoms with van der Waals surface area (Å²) in [7, 11) is 0. The van der Waals surface area contributed by atoms with E-state index in [1.165, 1.54) is 4.90 Å². The monoisotopic (exact) mass is 621 g/mol. The lowest BCUT2D eigenvalue weighted by Gasteiger charge is -2.37. The van der Waals surface area contributed by atoms with Crippen molar-refractivity contribution < 1.29 is 24.2 Å². The first-order valence-corrected chi connectivity index (χ1v) is 14.8. The molecule has 1 spiro atoms. The molecule has 3 amide bonds. The minimum atomic E-state index is -1.23. The minimum absolute atomic E-state index is 0.0425. The highest BCUT2D eigenvalue weighted by molar-refractivity contribution is 9.09. The molecule has 3 aliphatic heterocycles. The third kappa shape index (κ3) is 4.73. The molecule has 3 fully saturated rings. The van der Waals surface area contributed by atoms with Gasteiger partial charge in [0, 0.05) is 35.8 Å². The van der Waals surface area contributed by atoms with E-state index >= 15 is 0 Å². The number of hydrogen-bond acceptors (Lipinski definition) is 5. The number of carbonyl (C=O) groups excluding carboxylic acids is 3. The summed E-state index contributed by atoms with van der Waals surface area (Å²) in [6, 6.07) is 14.1. The quantitative estimate of drug-likeness (QED) is 0.322. The van der Waals surface area contributed by atoms with Crippen molar-refractivity contribution >= 4 is 45.0 Å². The van der Waals surface area contributed by atoms with Gasteiger partial charge in [-0.05, 0) is 49.6 Å². The van der Waals surface area contributed by atoms with Crippen LogP contribution in [0.5, 0.6) is 0 Å². The van der Waals surface area contributed by atoms with Gasteiger partial charge in [-0.15, -0.1) is 13.2 Å². The first-order chi connectivity index (χ1) is 19.7. The smallest absolute Gasteiger partial charge is 0.253 e. The molecule has 1 N–H and O–H groups in total. The highest BCUT2D eigenvalue weighted by Crippen LogP contribution is 2.60. The van der Waals surface area contributed by atoms with Crippen LogP contribution in [0.3, 0.4) is 0 Å². The molecule has 0 radical (unpaired) electrons. The molecule has 2 aromatic carbocycles. The average Bonchev–Trinajstić information content (AvgIpc) is 3.55. The number of fused-ring (bicyclic) bond motifs is 1. The average molecular weight is 623 g/mol. The lowest BCUT2D eigenvalue weighted by atomic mass is 9.70. The van der Waals surface area contributed by atoms with E-state index in [4.69, 9.17) is 4.74 Å². The standard InChI is InChI=1S/C32H36BrN3O5/c1-5-14-34(22-10-8-7-9-11-22)29(38)25-26-30(39)36(16-17-37)28(32(26)19-23(33)27(25)41-32)31(40)35(15-6-2)24-18-20(3)12-13-21(24)4/h5-13,18,23,25-28,37H,1-2,14-17,19H2,3-4H3/t23?,25-,26-,27-,28?,32?/m0/s1. The maximum atomic E-state index is 14.6. The van der Waals surface area contributed by atoms with Gasteiger partial charge in [-0.2, -0.15) is 0 Å². The summed E-state index contributed by atoms with van der Waals surface area (Å²) in [6.45, 7) is 11.7. The van der Waals surface area contributed by atoms with Crippen LogP contribution in [0.2, 0.25) is 0 Å². The third-order valence-electron chi connectivity index (χ3n) is 8.53. The summed E-state index contributed by atoms with van der Waals surface area (Å²) >= 11 is 3.73. The second kappa shape index (κ2) is 11.5. The van der Waals surface area contributed by atoms with Crippen LogP contribution in [-0.4, -0.2) is 76.5 Å². The number of amides is 3. The molecule has 216 valence electrons. The van der Waals surface area contributed by atoms with E-state index in [2.05, 4.69) is 29.1 Å². The molecule has 0 aromatic heterocycles. The highest BCUT2D eigenvalue weighted by Gasteiger charge is 2.77. The zero-order valence-corrected chi connectivity index (χ0v) is 25.0. The summed E-state index contributed by atoms with van der Waals surface area (Å²) < 4.78 is 6.66. The zero-order chi connectivity index (χ0) is 29.5. The minimum Gasteiger partial charge on any atom is -0.395 e. The fourth-order valence-corrected chi connectivity index (χ4v) is 7.82. The number of likely N-dealkylation sites (tertiary alicyclic amines) is 1. The van der Waals surface area contributed by atoms with Crippen molar-refractivity contribution in [3.8, 4) is 0 Å². The molecule has 2 bridgehead atoms. The Kier molecular flexibility index (Phi) is 8.23. The Hall–Kier alpha value is -3.27. The van der Waals surface area contributed by atoms with Crippen molar-refractivity contribution in [2.24, 2.45) is 11.8 Å². The predicted octanol–water partition coefficient (Wildman–Crippen LogP) is 3.78. The summed E-state index contributed by atoms with van der Waals surface area (Å²) in [6.07, 6.45) is 3.10. The van der Waals surface area contributed by atoms with Crippen LogP contribution in [0.25, 0.3) is 0 Å². The van der Waals surface area contributed by atoms with E-state index in [0.29, 0.717) is 12.1 Å². The maximum absolute atomic E-state index is 14.6. The number of alkyl halides is 1. The molecule has 3 saturated heterocycles. The van der Waals surface area contributed by atoms with Crippen LogP contribution in [-0.2, 0) is 19.1 Å².